The van der Waals surface area contributed by atoms with E-state index < -0.39 is 4.92 Å². The number of aliphatic imine (C=N–C) groups is 1. The molecule has 0 spiro atoms. The Bertz CT molecular complexity index is 831. The number of halogens is 1. The lowest BCUT2D eigenvalue weighted by molar-refractivity contribution is -0.384. The van der Waals surface area contributed by atoms with Crippen molar-refractivity contribution < 1.29 is 9.72 Å². The number of likely N-dealkylation sites (N-methyl/N-ethyl adjacent to an activating group) is 1. The highest BCUT2D eigenvalue weighted by atomic mass is 35.5. The lowest BCUT2D eigenvalue weighted by Crippen LogP contribution is -2.27. The molecule has 1 aliphatic rings. The topological polar surface area (TPSA) is 75.8 Å². The van der Waals surface area contributed by atoms with Crippen LogP contribution in [0.25, 0.3) is 0 Å². The Morgan fingerprint density at radius 2 is 1.91 bits per heavy atom. The van der Waals surface area contributed by atoms with Crippen molar-refractivity contribution in [1.82, 2.24) is 0 Å². The molecule has 0 aliphatic carbocycles. The fourth-order valence-electron chi connectivity index (χ4n) is 2.45. The van der Waals surface area contributed by atoms with E-state index >= 15 is 0 Å². The van der Waals surface area contributed by atoms with E-state index in [1.807, 2.05) is 0 Å². The van der Waals surface area contributed by atoms with E-state index in [9.17, 15) is 14.9 Å². The molecule has 1 heterocycles. The van der Waals surface area contributed by atoms with Crippen molar-refractivity contribution in [2.24, 2.45) is 4.99 Å². The lowest BCUT2D eigenvalue weighted by atomic mass is 9.99. The van der Waals surface area contributed by atoms with Crippen LogP contribution in [-0.4, -0.2) is 30.1 Å². The van der Waals surface area contributed by atoms with E-state index in [1.54, 1.807) is 37.4 Å². The van der Waals surface area contributed by atoms with Crippen LogP contribution >= 0.6 is 11.6 Å². The number of nitrogens with zero attached hydrogens (tertiary/aromatic N) is 3. The second-order valence-electron chi connectivity index (χ2n) is 5.08. The Morgan fingerprint density at radius 1 is 1.22 bits per heavy atom. The van der Waals surface area contributed by atoms with Gasteiger partial charge in [-0.05, 0) is 18.2 Å². The van der Waals surface area contributed by atoms with Gasteiger partial charge in [0.15, 0.2) is 0 Å². The van der Waals surface area contributed by atoms with Gasteiger partial charge in [0.05, 0.1) is 16.3 Å². The monoisotopic (exact) mass is 329 g/mol. The quantitative estimate of drug-likeness (QED) is 0.627. The summed E-state index contributed by atoms with van der Waals surface area (Å²) >= 11 is 5.90. The zero-order valence-electron chi connectivity index (χ0n) is 12.2. The number of amides is 1. The Balaban J connectivity index is 2.22. The van der Waals surface area contributed by atoms with Gasteiger partial charge in [0.2, 0.25) is 5.91 Å². The molecule has 23 heavy (non-hydrogen) atoms. The molecule has 0 N–H and O–H groups in total. The average Bonchev–Trinajstić information content (AvgIpc) is 2.66. The molecule has 1 amide bonds. The molecule has 0 atom stereocenters. The fourth-order valence-corrected chi connectivity index (χ4v) is 2.57. The predicted molar refractivity (Wildman–Crippen MR) is 88.5 cm³/mol. The van der Waals surface area contributed by atoms with Gasteiger partial charge in [-0.1, -0.05) is 23.7 Å². The van der Waals surface area contributed by atoms with Crippen LogP contribution in [0.15, 0.2) is 47.5 Å². The summed E-state index contributed by atoms with van der Waals surface area (Å²) < 4.78 is 0. The SMILES string of the molecule is CN1C(=O)CN=C(c2ccc(Cl)cc2)c2cc([N+](=O)[O-])ccc21. The van der Waals surface area contributed by atoms with Crippen LogP contribution in [-0.2, 0) is 4.79 Å². The number of anilines is 1. The summed E-state index contributed by atoms with van der Waals surface area (Å²) in [4.78, 5) is 28.5. The summed E-state index contributed by atoms with van der Waals surface area (Å²) in [5.74, 6) is -0.177. The molecule has 2 aromatic carbocycles. The van der Waals surface area contributed by atoms with Gasteiger partial charge in [-0.3, -0.25) is 19.9 Å². The number of hydrogen-bond acceptors (Lipinski definition) is 4. The minimum atomic E-state index is -0.466. The molecule has 0 saturated carbocycles. The molecule has 6 nitrogen and oxygen atoms in total. The molecule has 116 valence electrons. The van der Waals surface area contributed by atoms with E-state index in [4.69, 9.17) is 11.6 Å². The van der Waals surface area contributed by atoms with Crippen molar-refractivity contribution in [2.45, 2.75) is 0 Å². The summed E-state index contributed by atoms with van der Waals surface area (Å²) in [5.41, 5.74) is 2.38. The third kappa shape index (κ3) is 2.80. The number of carbonyl (C=O) groups excluding carboxylic acids is 1. The highest BCUT2D eigenvalue weighted by molar-refractivity contribution is 6.30. The van der Waals surface area contributed by atoms with Gasteiger partial charge in [-0.25, -0.2) is 0 Å². The van der Waals surface area contributed by atoms with Crippen molar-refractivity contribution >= 4 is 34.6 Å². The first kappa shape index (κ1) is 15.2. The second kappa shape index (κ2) is 5.81. The number of nitro groups is 1. The van der Waals surface area contributed by atoms with Crippen molar-refractivity contribution in [3.8, 4) is 0 Å². The first-order chi connectivity index (χ1) is 11.0. The van der Waals surface area contributed by atoms with Crippen LogP contribution in [0.3, 0.4) is 0 Å². The highest BCUT2D eigenvalue weighted by Crippen LogP contribution is 2.29. The molecule has 0 unspecified atom stereocenters. The van der Waals surface area contributed by atoms with E-state index in [-0.39, 0.29) is 18.1 Å². The highest BCUT2D eigenvalue weighted by Gasteiger charge is 2.24. The van der Waals surface area contributed by atoms with Gasteiger partial charge in [0.1, 0.15) is 6.54 Å². The van der Waals surface area contributed by atoms with Gasteiger partial charge in [0, 0.05) is 35.3 Å². The van der Waals surface area contributed by atoms with Gasteiger partial charge in [-0.2, -0.15) is 0 Å². The average molecular weight is 330 g/mol. The number of hydrogen-bond donors (Lipinski definition) is 0. The number of carbonyl (C=O) groups is 1. The number of rotatable bonds is 2. The van der Waals surface area contributed by atoms with Crippen molar-refractivity contribution in [3.05, 3.63) is 68.7 Å². The van der Waals surface area contributed by atoms with E-state index in [0.29, 0.717) is 22.0 Å². The van der Waals surface area contributed by atoms with Gasteiger partial charge in [-0.15, -0.1) is 0 Å². The molecule has 1 aliphatic heterocycles. The third-order valence-electron chi connectivity index (χ3n) is 3.67. The van der Waals surface area contributed by atoms with E-state index in [2.05, 4.69) is 4.99 Å². The molecule has 0 radical (unpaired) electrons. The Labute approximate surface area is 137 Å². The van der Waals surface area contributed by atoms with Crippen LogP contribution < -0.4 is 4.90 Å². The molecular formula is C16H12ClN3O3. The fraction of sp³-hybridized carbons (Fsp3) is 0.125. The zero-order valence-corrected chi connectivity index (χ0v) is 12.9. The molecule has 0 aromatic heterocycles. The third-order valence-corrected chi connectivity index (χ3v) is 3.92. The van der Waals surface area contributed by atoms with Crippen molar-refractivity contribution in [3.63, 3.8) is 0 Å². The van der Waals surface area contributed by atoms with Crippen LogP contribution in [0.1, 0.15) is 11.1 Å². The number of nitro benzene ring substituents is 1. The summed E-state index contributed by atoms with van der Waals surface area (Å²) in [5, 5.41) is 11.7. The van der Waals surface area contributed by atoms with Crippen molar-refractivity contribution in [2.75, 3.05) is 18.5 Å². The second-order valence-corrected chi connectivity index (χ2v) is 5.52. The van der Waals surface area contributed by atoms with Crippen molar-refractivity contribution in [1.29, 1.82) is 0 Å². The number of benzene rings is 2. The molecule has 3 rings (SSSR count). The normalized spacial score (nSPS) is 14.1. The van der Waals surface area contributed by atoms with Crippen LogP contribution in [0, 0.1) is 10.1 Å². The number of benzodiazepines with no additional fused rings is 1. The van der Waals surface area contributed by atoms with Gasteiger partial charge in [0.25, 0.3) is 5.69 Å². The number of fused-ring (bicyclic) bond motifs is 1. The Kier molecular flexibility index (Phi) is 3.83. The molecule has 0 bridgehead atoms. The Hall–Kier alpha value is -2.73. The lowest BCUT2D eigenvalue weighted by Gasteiger charge is -2.17. The minimum absolute atomic E-state index is 0.0169. The minimum Gasteiger partial charge on any atom is -0.313 e. The van der Waals surface area contributed by atoms with Crippen LogP contribution in [0.4, 0.5) is 11.4 Å². The molecule has 0 fully saturated rings. The number of non-ortho nitro benzene ring substituents is 1. The van der Waals surface area contributed by atoms with E-state index in [0.717, 1.165) is 5.56 Å². The summed E-state index contributed by atoms with van der Waals surface area (Å²) in [6, 6.07) is 11.4. The smallest absolute Gasteiger partial charge is 0.270 e. The summed E-state index contributed by atoms with van der Waals surface area (Å²) in [7, 11) is 1.63. The first-order valence-corrected chi connectivity index (χ1v) is 7.21. The van der Waals surface area contributed by atoms with Crippen LogP contribution in [0.2, 0.25) is 5.02 Å². The van der Waals surface area contributed by atoms with Crippen LogP contribution in [0.5, 0.6) is 0 Å². The van der Waals surface area contributed by atoms with Gasteiger partial charge < -0.3 is 4.90 Å². The maximum atomic E-state index is 12.1. The molecular weight excluding hydrogens is 318 g/mol. The zero-order chi connectivity index (χ0) is 16.6. The molecule has 0 saturated heterocycles. The standard InChI is InChI=1S/C16H12ClN3O3/c1-19-14-7-6-12(20(22)23)8-13(14)16(18-9-15(19)21)10-2-4-11(17)5-3-10/h2-8H,9H2,1H3. The predicted octanol–water partition coefficient (Wildman–Crippen LogP) is 3.06. The summed E-state index contributed by atoms with van der Waals surface area (Å²) in [6.45, 7) is -0.0169. The van der Waals surface area contributed by atoms with Gasteiger partial charge >= 0.3 is 0 Å². The molecule has 7 heteroatoms. The maximum Gasteiger partial charge on any atom is 0.270 e. The maximum absolute atomic E-state index is 12.1. The molecule has 2 aromatic rings. The first-order valence-electron chi connectivity index (χ1n) is 6.83. The largest absolute Gasteiger partial charge is 0.313 e. The summed E-state index contributed by atoms with van der Waals surface area (Å²) in [6.07, 6.45) is 0. The van der Waals surface area contributed by atoms with E-state index in [1.165, 1.54) is 17.0 Å². The Morgan fingerprint density at radius 3 is 2.57 bits per heavy atom.